The molecule has 1 heteroatoms. The molecule has 2 atom stereocenters. The number of benzene rings is 3. The van der Waals surface area contributed by atoms with Crippen molar-refractivity contribution in [2.45, 2.75) is 106 Å². The second-order valence-electron chi connectivity index (χ2n) is 11.9. The summed E-state index contributed by atoms with van der Waals surface area (Å²) in [5.74, 6) is 0.562. The summed E-state index contributed by atoms with van der Waals surface area (Å²) in [4.78, 5) is 0. The number of hydrogen-bond donors (Lipinski definition) is 0. The van der Waals surface area contributed by atoms with Crippen LogP contribution in [0.15, 0.2) is 78.4 Å². The topological polar surface area (TPSA) is 0 Å². The molecule has 0 amide bonds. The molecule has 0 heterocycles. The largest absolute Gasteiger partial charge is 0.159 e. The number of aryl methyl sites for hydroxylation is 6. The van der Waals surface area contributed by atoms with Crippen molar-refractivity contribution in [1.82, 2.24) is 0 Å². The van der Waals surface area contributed by atoms with Crippen molar-refractivity contribution < 1.29 is 0 Å². The van der Waals surface area contributed by atoms with Crippen LogP contribution >= 0.6 is 0 Å². The van der Waals surface area contributed by atoms with Crippen LogP contribution in [-0.2, 0) is 38.5 Å². The minimum atomic E-state index is -2.57. The molecule has 3 aromatic rings. The van der Waals surface area contributed by atoms with Gasteiger partial charge in [-0.2, -0.15) is 0 Å². The summed E-state index contributed by atoms with van der Waals surface area (Å²) in [6.07, 6.45) is 15.1. The first-order chi connectivity index (χ1) is 19.4. The van der Waals surface area contributed by atoms with E-state index in [2.05, 4.69) is 128 Å². The van der Waals surface area contributed by atoms with Crippen LogP contribution in [0.3, 0.4) is 0 Å². The molecule has 0 fully saturated rings. The summed E-state index contributed by atoms with van der Waals surface area (Å²) in [6.45, 7) is 18.7. The molecule has 1 aliphatic rings. The Morgan fingerprint density at radius 1 is 0.525 bits per heavy atom. The smallest absolute Gasteiger partial charge is 0.0790 e. The molecule has 0 saturated heterocycles. The zero-order valence-electron chi connectivity index (χ0n) is 26.5. The molecule has 0 spiro atoms. The standard InChI is InChI=1S/C39H52Si/c1-9-28(8)38-17-16-18-39(38)40(35-22-29(10-2)19-30(11-3)23-35,36-24-31(12-4)20-32(13-5)25-36)37-26-33(14-6)21-34(15-7)27-37/h16-28,39H,9-15H2,1-8H3. The average Bonchev–Trinajstić information content (AvgIpc) is 3.50. The Bertz CT molecular complexity index is 1170. The first-order valence-electron chi connectivity index (χ1n) is 16.2. The van der Waals surface area contributed by atoms with E-state index in [-0.39, 0.29) is 0 Å². The Morgan fingerprint density at radius 2 is 0.850 bits per heavy atom. The van der Waals surface area contributed by atoms with Gasteiger partial charge in [-0.1, -0.05) is 134 Å². The van der Waals surface area contributed by atoms with E-state index in [1.807, 2.05) is 0 Å². The van der Waals surface area contributed by atoms with E-state index in [9.17, 15) is 0 Å². The van der Waals surface area contributed by atoms with Gasteiger partial charge >= 0.3 is 0 Å². The lowest BCUT2D eigenvalue weighted by Crippen LogP contribution is -2.70. The SMILES string of the molecule is CCc1cc(CC)cc([Si](c2cc(CC)cc(CC)c2)(c2cc(CC)cc(CC)c2)C2C=CC=C2C(C)CC)c1. The first-order valence-corrected chi connectivity index (χ1v) is 18.2. The second-order valence-corrected chi connectivity index (χ2v) is 15.9. The van der Waals surface area contributed by atoms with Gasteiger partial charge in [0.15, 0.2) is 8.07 Å². The molecule has 1 aliphatic carbocycles. The van der Waals surface area contributed by atoms with Gasteiger partial charge in [0, 0.05) is 5.54 Å². The lowest BCUT2D eigenvalue weighted by Gasteiger charge is -2.42. The maximum absolute atomic E-state index is 2.61. The van der Waals surface area contributed by atoms with E-state index >= 15 is 0 Å². The van der Waals surface area contributed by atoms with Gasteiger partial charge in [-0.05, 0) is 99.8 Å². The lowest BCUT2D eigenvalue weighted by molar-refractivity contribution is 0.643. The molecule has 0 nitrogen and oxygen atoms in total. The van der Waals surface area contributed by atoms with Crippen LogP contribution in [0.5, 0.6) is 0 Å². The Balaban J connectivity index is 2.25. The van der Waals surface area contributed by atoms with Crippen LogP contribution in [0, 0.1) is 5.92 Å². The van der Waals surface area contributed by atoms with E-state index in [1.54, 1.807) is 21.1 Å². The van der Waals surface area contributed by atoms with Crippen LogP contribution < -0.4 is 15.6 Å². The van der Waals surface area contributed by atoms with Crippen molar-refractivity contribution >= 4 is 23.6 Å². The highest BCUT2D eigenvalue weighted by atomic mass is 28.3. The Labute approximate surface area is 246 Å². The van der Waals surface area contributed by atoms with Crippen LogP contribution in [0.1, 0.15) is 95.2 Å². The summed E-state index contributed by atoms with van der Waals surface area (Å²) < 4.78 is 0. The summed E-state index contributed by atoms with van der Waals surface area (Å²) in [6, 6.07) is 23.0. The fourth-order valence-corrected chi connectivity index (χ4v) is 12.7. The van der Waals surface area contributed by atoms with Crippen LogP contribution in [-0.4, -0.2) is 8.07 Å². The first kappa shape index (κ1) is 30.3. The molecular formula is C39H52Si. The Hall–Kier alpha value is -2.64. The molecule has 0 radical (unpaired) electrons. The summed E-state index contributed by atoms with van der Waals surface area (Å²) >= 11 is 0. The minimum absolute atomic E-state index is 0.410. The highest BCUT2D eigenvalue weighted by Gasteiger charge is 2.49. The van der Waals surface area contributed by atoms with Gasteiger partial charge in [0.1, 0.15) is 0 Å². The third-order valence-electron chi connectivity index (χ3n) is 9.57. The monoisotopic (exact) mass is 548 g/mol. The van der Waals surface area contributed by atoms with Crippen molar-refractivity contribution in [2.75, 3.05) is 0 Å². The van der Waals surface area contributed by atoms with Crippen molar-refractivity contribution in [2.24, 2.45) is 5.92 Å². The van der Waals surface area contributed by atoms with Crippen molar-refractivity contribution in [3.63, 3.8) is 0 Å². The third kappa shape index (κ3) is 5.73. The predicted octanol–water partition coefficient (Wildman–Crippen LogP) is 8.44. The summed E-state index contributed by atoms with van der Waals surface area (Å²) in [5.41, 5.74) is 10.9. The zero-order valence-corrected chi connectivity index (χ0v) is 27.5. The second kappa shape index (κ2) is 13.3. The Morgan fingerprint density at radius 3 is 1.12 bits per heavy atom. The molecule has 2 unspecified atom stereocenters. The fourth-order valence-electron chi connectivity index (χ4n) is 6.83. The van der Waals surface area contributed by atoms with Gasteiger partial charge in [0.05, 0.1) is 0 Å². The molecule has 0 saturated carbocycles. The number of allylic oxidation sites excluding steroid dienone is 4. The fraction of sp³-hybridized carbons (Fsp3) is 0.436. The van der Waals surface area contributed by atoms with Gasteiger partial charge < -0.3 is 0 Å². The highest BCUT2D eigenvalue weighted by molar-refractivity contribution is 7.13. The van der Waals surface area contributed by atoms with E-state index in [0.717, 1.165) is 38.5 Å². The van der Waals surface area contributed by atoms with E-state index in [1.165, 1.54) is 39.8 Å². The normalized spacial score (nSPS) is 15.9. The van der Waals surface area contributed by atoms with Gasteiger partial charge in [-0.25, -0.2) is 0 Å². The van der Waals surface area contributed by atoms with E-state index in [4.69, 9.17) is 0 Å². The summed E-state index contributed by atoms with van der Waals surface area (Å²) in [7, 11) is -2.57. The predicted molar refractivity (Wildman–Crippen MR) is 181 cm³/mol. The van der Waals surface area contributed by atoms with Crippen molar-refractivity contribution in [3.05, 3.63) is 112 Å². The van der Waals surface area contributed by atoms with Gasteiger partial charge in [0.25, 0.3) is 0 Å². The molecule has 212 valence electrons. The van der Waals surface area contributed by atoms with Gasteiger partial charge in [-0.15, -0.1) is 0 Å². The molecule has 3 aromatic carbocycles. The molecular weight excluding hydrogens is 497 g/mol. The van der Waals surface area contributed by atoms with Crippen molar-refractivity contribution in [3.8, 4) is 0 Å². The molecule has 0 bridgehead atoms. The van der Waals surface area contributed by atoms with Crippen LogP contribution in [0.2, 0.25) is 5.54 Å². The number of hydrogen-bond acceptors (Lipinski definition) is 0. The van der Waals surface area contributed by atoms with Gasteiger partial charge in [-0.3, -0.25) is 0 Å². The lowest BCUT2D eigenvalue weighted by atomic mass is 9.97. The molecule has 40 heavy (non-hydrogen) atoms. The molecule has 0 aromatic heterocycles. The highest BCUT2D eigenvalue weighted by Crippen LogP contribution is 2.40. The third-order valence-corrected chi connectivity index (χ3v) is 14.6. The number of rotatable bonds is 12. The molecule has 4 rings (SSSR count). The molecule has 0 N–H and O–H groups in total. The van der Waals surface area contributed by atoms with Crippen LogP contribution in [0.4, 0.5) is 0 Å². The van der Waals surface area contributed by atoms with E-state index in [0.29, 0.717) is 11.5 Å². The average molecular weight is 549 g/mol. The van der Waals surface area contributed by atoms with E-state index < -0.39 is 8.07 Å². The maximum Gasteiger partial charge on any atom is 0.159 e. The van der Waals surface area contributed by atoms with Crippen molar-refractivity contribution in [1.29, 1.82) is 0 Å². The maximum atomic E-state index is 2.61. The minimum Gasteiger partial charge on any atom is -0.0790 e. The Kier molecular flexibility index (Phi) is 10.1. The summed E-state index contributed by atoms with van der Waals surface area (Å²) in [5, 5.41) is 4.79. The zero-order chi connectivity index (χ0) is 28.9. The van der Waals surface area contributed by atoms with Gasteiger partial charge in [0.2, 0.25) is 0 Å². The van der Waals surface area contributed by atoms with Crippen LogP contribution in [0.25, 0.3) is 0 Å². The quantitative estimate of drug-likeness (QED) is 0.157. The molecule has 0 aliphatic heterocycles.